The second-order valence-corrected chi connectivity index (χ2v) is 26.1. The van der Waals surface area contributed by atoms with Crippen molar-refractivity contribution in [2.75, 3.05) is 203 Å². The number of aromatic carboxylic acids is 1. The summed E-state index contributed by atoms with van der Waals surface area (Å²) >= 11 is 0. The highest BCUT2D eigenvalue weighted by Gasteiger charge is 2.25. The largest absolute Gasteiger partial charge is 0.478 e. The molecule has 1 aliphatic heterocycles. The molecule has 4 aromatic carbocycles. The molecule has 108 heavy (non-hydrogen) atoms. The number of imidazole rings is 1. The number of benzene rings is 5. The van der Waals surface area contributed by atoms with Crippen LogP contribution in [0.2, 0.25) is 0 Å². The highest BCUT2D eigenvalue weighted by Crippen LogP contribution is 2.42. The van der Waals surface area contributed by atoms with E-state index >= 15 is 0 Å². The molecule has 0 atom stereocenters. The fourth-order valence-electron chi connectivity index (χ4n) is 10.6. The second kappa shape index (κ2) is 46.9. The number of carboxylic acids is 1. The first-order valence-electron chi connectivity index (χ1n) is 35.6. The zero-order valence-electron chi connectivity index (χ0n) is 61.4. The standard InChI is InChI=1S/C75H99N11O21S/c1-85(2)58-13-18-62-65(48-58)107-66-49-59(86(3)22-4-5-67(87)79-51-55-10-15-60(16-11-55)108(77,92)93)14-19-63(66)69(62)64-47-57(12-17-61(64)74(90)91)72(89)78-21-24-95-26-28-97-30-32-99-34-36-101-38-40-103-42-44-105-46-45-104-43-41-102-39-37-100-35-33-98-31-29-96-27-25-94-23-20-68(88)80-50-54-6-8-56(9-7-54)52-106-73-70-71(82-53-81-70)83-75(76)84-73/h6-19,47-49,53H,4-5,20-46,50-52H2,1-3H3,(H8-,76,77,78,79,80,81,82,83,84,87,88,89,90,91,92,93)/p+1. The molecule has 8 rings (SSSR count). The SMILES string of the molecule is CN(CCCC(=O)NCc1ccc(S(N)(=O)=O)cc1)c1ccc2c(-c3cc(C(=O)NCCOCCOCCOCCOCCOCCOCCOCCOCCOCCOCCOCCOCCC(=O)NCc4ccc(COc5nc(N)nc6nc[nH]c56)cc4)ccc3C(=O)O)c3ccc(=[N+](C)C)cc-3oc2c1. The molecular weight excluding hydrogens is 1420 g/mol. The van der Waals surface area contributed by atoms with Crippen LogP contribution in [0.5, 0.6) is 5.88 Å². The lowest BCUT2D eigenvalue weighted by Gasteiger charge is -2.21. The summed E-state index contributed by atoms with van der Waals surface area (Å²) in [5.74, 6) is -0.929. The molecule has 0 radical (unpaired) electrons. The van der Waals surface area contributed by atoms with Crippen molar-refractivity contribution in [2.24, 2.45) is 5.14 Å². The van der Waals surface area contributed by atoms with Gasteiger partial charge in [0.2, 0.25) is 39.0 Å². The predicted molar refractivity (Wildman–Crippen MR) is 400 cm³/mol. The maximum atomic E-state index is 13.6. The summed E-state index contributed by atoms with van der Waals surface area (Å²) in [6, 6.07) is 29.5. The van der Waals surface area contributed by atoms with Crippen molar-refractivity contribution in [3.05, 3.63) is 143 Å². The fourth-order valence-corrected chi connectivity index (χ4v) is 11.1. The molecule has 0 saturated heterocycles. The van der Waals surface area contributed by atoms with Crippen LogP contribution in [-0.4, -0.2) is 250 Å². The number of aromatic nitrogens is 4. The number of rotatable bonds is 55. The van der Waals surface area contributed by atoms with E-state index in [4.69, 9.17) is 76.9 Å². The first-order chi connectivity index (χ1) is 52.5. The number of primary sulfonamides is 1. The van der Waals surface area contributed by atoms with Crippen LogP contribution in [0, 0.1) is 0 Å². The number of sulfonamides is 1. The molecule has 32 nitrogen and oxygen atoms in total. The lowest BCUT2D eigenvalue weighted by atomic mass is 9.89. The maximum Gasteiger partial charge on any atom is 0.336 e. The van der Waals surface area contributed by atoms with E-state index in [-0.39, 0.29) is 79.5 Å². The second-order valence-electron chi connectivity index (χ2n) is 24.5. The average molecular weight is 1520 g/mol. The monoisotopic (exact) mass is 1520 g/mol. The van der Waals surface area contributed by atoms with Gasteiger partial charge in [-0.15, -0.1) is 0 Å². The zero-order chi connectivity index (χ0) is 76.6. The molecule has 0 spiro atoms. The summed E-state index contributed by atoms with van der Waals surface area (Å²) in [6.45, 7) is 11.1. The Kier molecular flexibility index (Phi) is 36.7. The van der Waals surface area contributed by atoms with E-state index in [0.29, 0.717) is 215 Å². The van der Waals surface area contributed by atoms with Crippen LogP contribution in [0.4, 0.5) is 11.6 Å². The fraction of sp³-hybridized carbons (Fsp3) is 0.467. The molecule has 3 heterocycles. The van der Waals surface area contributed by atoms with Gasteiger partial charge in [-0.2, -0.15) is 9.97 Å². The first kappa shape index (κ1) is 84.5. The topological polar surface area (TPSA) is 405 Å². The van der Waals surface area contributed by atoms with Crippen LogP contribution in [0.1, 0.15) is 56.7 Å². The summed E-state index contributed by atoms with van der Waals surface area (Å²) in [5.41, 5.74) is 12.5. The van der Waals surface area contributed by atoms with Crippen LogP contribution < -0.4 is 46.4 Å². The van der Waals surface area contributed by atoms with E-state index in [1.54, 1.807) is 18.2 Å². The summed E-state index contributed by atoms with van der Waals surface area (Å²) in [4.78, 5) is 68.8. The molecule has 9 N–H and O–H groups in total. The van der Waals surface area contributed by atoms with Gasteiger partial charge in [-0.05, 0) is 77.2 Å². The molecule has 2 aromatic heterocycles. The third kappa shape index (κ3) is 29.8. The van der Waals surface area contributed by atoms with E-state index in [1.165, 1.54) is 30.6 Å². The number of nitrogens with zero attached hydrogens (tertiary/aromatic N) is 5. The number of amides is 3. The number of nitrogens with one attached hydrogen (secondary N) is 4. The van der Waals surface area contributed by atoms with E-state index < -0.39 is 21.9 Å². The van der Waals surface area contributed by atoms with Gasteiger partial charge < -0.3 is 103 Å². The van der Waals surface area contributed by atoms with Crippen LogP contribution in [0.3, 0.4) is 0 Å². The van der Waals surface area contributed by atoms with E-state index in [1.807, 2.05) is 91.3 Å². The number of hydrogen-bond donors (Lipinski definition) is 7. The number of carbonyl (C=O) groups is 4. The van der Waals surface area contributed by atoms with Gasteiger partial charge in [0.15, 0.2) is 5.65 Å². The average Bonchev–Trinajstić information content (AvgIpc) is 0.863. The number of ether oxygens (including phenoxy) is 13. The smallest absolute Gasteiger partial charge is 0.336 e. The van der Waals surface area contributed by atoms with Gasteiger partial charge in [0.25, 0.3) is 5.91 Å². The summed E-state index contributed by atoms with van der Waals surface area (Å²) in [7, 11) is 1.90. The Balaban J connectivity index is 0.559. The van der Waals surface area contributed by atoms with Crippen molar-refractivity contribution in [1.29, 1.82) is 0 Å². The molecule has 0 fully saturated rings. The number of H-pyrrole nitrogens is 1. The molecule has 0 bridgehead atoms. The van der Waals surface area contributed by atoms with Crippen LogP contribution in [-0.2, 0) is 96.2 Å². The number of nitrogen functional groups attached to an aromatic ring is 1. The number of hydrogen-bond acceptors (Lipinski definition) is 25. The molecule has 0 unspecified atom stereocenters. The molecule has 586 valence electrons. The summed E-state index contributed by atoms with van der Waals surface area (Å²) in [5, 5.41) is 25.8. The van der Waals surface area contributed by atoms with Crippen LogP contribution in [0.15, 0.2) is 119 Å². The maximum absolute atomic E-state index is 13.6. The Labute approximate surface area is 627 Å². The van der Waals surface area contributed by atoms with Crippen molar-refractivity contribution in [3.8, 4) is 28.3 Å². The first-order valence-corrected chi connectivity index (χ1v) is 37.2. The van der Waals surface area contributed by atoms with Gasteiger partial charge in [0.1, 0.15) is 37.6 Å². The molecule has 33 heteroatoms. The Bertz CT molecular complexity index is 4220. The Morgan fingerprint density at radius 1 is 0.565 bits per heavy atom. The van der Waals surface area contributed by atoms with Gasteiger partial charge in [-0.3, -0.25) is 14.4 Å². The van der Waals surface area contributed by atoms with Crippen molar-refractivity contribution >= 4 is 67.5 Å². The van der Waals surface area contributed by atoms with Crippen LogP contribution in [0.25, 0.3) is 44.6 Å². The molecule has 1 aliphatic carbocycles. The zero-order valence-corrected chi connectivity index (χ0v) is 62.2. The summed E-state index contributed by atoms with van der Waals surface area (Å²) in [6.07, 6.45) is 2.51. The number of carboxylic acid groups (broad SMARTS) is 1. The Hall–Kier alpha value is -9.17. The molecule has 3 amide bonds. The quantitative estimate of drug-likeness (QED) is 0.0156. The third-order valence-corrected chi connectivity index (χ3v) is 17.3. The summed E-state index contributed by atoms with van der Waals surface area (Å²) < 4.78 is 104. The minimum atomic E-state index is -3.82. The number of carbonyl (C=O) groups excluding carboxylic acids is 3. The highest BCUT2D eigenvalue weighted by molar-refractivity contribution is 7.89. The van der Waals surface area contributed by atoms with Gasteiger partial charge in [-0.25, -0.2) is 27.9 Å². The number of nitrogens with two attached hydrogens (primary N) is 2. The minimum Gasteiger partial charge on any atom is -0.478 e. The van der Waals surface area contributed by atoms with Crippen molar-refractivity contribution in [3.63, 3.8) is 0 Å². The number of aromatic amines is 1. The van der Waals surface area contributed by atoms with Gasteiger partial charge >= 0.3 is 5.97 Å². The normalized spacial score (nSPS) is 11.6. The predicted octanol–water partition coefficient (Wildman–Crippen LogP) is 4.58. The Morgan fingerprint density at radius 2 is 1.06 bits per heavy atom. The van der Waals surface area contributed by atoms with E-state index in [2.05, 4.69) is 35.9 Å². The molecule has 6 aromatic rings. The van der Waals surface area contributed by atoms with Gasteiger partial charge in [0, 0.05) is 86.0 Å². The molecule has 0 saturated carbocycles. The molecular formula is C75H100N11O21S+. The van der Waals surface area contributed by atoms with Gasteiger partial charge in [0.05, 0.1) is 181 Å². The van der Waals surface area contributed by atoms with E-state index in [0.717, 1.165) is 27.7 Å². The number of anilines is 2. The molecule has 2 aliphatic rings. The lowest BCUT2D eigenvalue weighted by molar-refractivity contribution is -0.122. The van der Waals surface area contributed by atoms with Crippen molar-refractivity contribution < 1.29 is 98.7 Å². The van der Waals surface area contributed by atoms with Gasteiger partial charge in [-0.1, -0.05) is 36.4 Å². The number of fused-ring (bicyclic) bond motifs is 3. The van der Waals surface area contributed by atoms with Crippen LogP contribution >= 0.6 is 0 Å². The highest BCUT2D eigenvalue weighted by atomic mass is 32.2. The minimum absolute atomic E-state index is 0.00371. The third-order valence-electron chi connectivity index (χ3n) is 16.3. The Morgan fingerprint density at radius 3 is 1.58 bits per heavy atom. The van der Waals surface area contributed by atoms with Crippen molar-refractivity contribution in [1.82, 2.24) is 40.5 Å². The van der Waals surface area contributed by atoms with E-state index in [9.17, 15) is 32.7 Å². The lowest BCUT2D eigenvalue weighted by Crippen LogP contribution is -2.27. The van der Waals surface area contributed by atoms with Crippen molar-refractivity contribution in [2.45, 2.75) is 43.9 Å².